The van der Waals surface area contributed by atoms with Crippen LogP contribution in [0, 0.1) is 0 Å². The van der Waals surface area contributed by atoms with Gasteiger partial charge in [-0.05, 0) is 82.1 Å². The quantitative estimate of drug-likeness (QED) is 0.850. The van der Waals surface area contributed by atoms with Gasteiger partial charge < -0.3 is 15.1 Å². The Morgan fingerprint density at radius 3 is 2.15 bits per heavy atom. The van der Waals surface area contributed by atoms with E-state index in [1.807, 2.05) is 23.1 Å². The van der Waals surface area contributed by atoms with Gasteiger partial charge in [-0.2, -0.15) is 5.10 Å². The van der Waals surface area contributed by atoms with Gasteiger partial charge >= 0.3 is 0 Å². The van der Waals surface area contributed by atoms with Crippen LogP contribution >= 0.6 is 0 Å². The van der Waals surface area contributed by atoms with Gasteiger partial charge in [-0.1, -0.05) is 6.92 Å². The lowest BCUT2D eigenvalue weighted by atomic mass is 9.99. The van der Waals surface area contributed by atoms with Gasteiger partial charge in [0.25, 0.3) is 0 Å². The van der Waals surface area contributed by atoms with Gasteiger partial charge in [0.05, 0.1) is 5.69 Å². The van der Waals surface area contributed by atoms with Crippen LogP contribution in [0.1, 0.15) is 39.0 Å². The van der Waals surface area contributed by atoms with Crippen LogP contribution in [0.25, 0.3) is 5.69 Å². The number of benzene rings is 1. The van der Waals surface area contributed by atoms with Crippen molar-refractivity contribution >= 4 is 5.69 Å². The number of hydrogen-bond acceptors (Lipinski definition) is 4. The van der Waals surface area contributed by atoms with E-state index in [2.05, 4.69) is 51.4 Å². The zero-order valence-electron chi connectivity index (χ0n) is 16.6. The average Bonchev–Trinajstić information content (AvgIpc) is 3.25. The summed E-state index contributed by atoms with van der Waals surface area (Å²) in [6.07, 6.45) is 10.2. The van der Waals surface area contributed by atoms with Crippen molar-refractivity contribution in [3.63, 3.8) is 0 Å². The van der Waals surface area contributed by atoms with Gasteiger partial charge in [0.15, 0.2) is 0 Å². The van der Waals surface area contributed by atoms with Crippen LogP contribution in [0.3, 0.4) is 0 Å². The minimum absolute atomic E-state index is 0.687. The fraction of sp³-hybridized carbons (Fsp3) is 0.591. The van der Waals surface area contributed by atoms with Crippen molar-refractivity contribution < 1.29 is 0 Å². The largest absolute Gasteiger partial charge is 0.371 e. The highest BCUT2D eigenvalue weighted by molar-refractivity contribution is 5.51. The Morgan fingerprint density at radius 2 is 1.56 bits per heavy atom. The summed E-state index contributed by atoms with van der Waals surface area (Å²) >= 11 is 0. The molecule has 5 heteroatoms. The summed E-state index contributed by atoms with van der Waals surface area (Å²) in [6, 6.07) is 12.2. The zero-order valence-corrected chi connectivity index (χ0v) is 16.6. The lowest BCUT2D eigenvalue weighted by Gasteiger charge is -2.38. The van der Waals surface area contributed by atoms with Gasteiger partial charge in [0.2, 0.25) is 0 Å². The van der Waals surface area contributed by atoms with Crippen LogP contribution in [0.2, 0.25) is 0 Å². The third-order valence-corrected chi connectivity index (χ3v) is 6.08. The topological polar surface area (TPSA) is 36.3 Å². The number of nitrogens with one attached hydrogen (secondary N) is 1. The van der Waals surface area contributed by atoms with Gasteiger partial charge in [-0.25, -0.2) is 4.68 Å². The molecule has 0 spiro atoms. The first kappa shape index (κ1) is 18.5. The number of likely N-dealkylation sites (tertiary alicyclic amines) is 1. The molecule has 0 unspecified atom stereocenters. The summed E-state index contributed by atoms with van der Waals surface area (Å²) in [5, 5.41) is 8.26. The van der Waals surface area contributed by atoms with Gasteiger partial charge in [-0.15, -0.1) is 0 Å². The molecular formula is C22H33N5. The maximum Gasteiger partial charge on any atom is 0.0647 e. The van der Waals surface area contributed by atoms with E-state index in [1.165, 1.54) is 57.4 Å². The molecule has 1 N–H and O–H groups in total. The van der Waals surface area contributed by atoms with E-state index in [1.54, 1.807) is 0 Å². The van der Waals surface area contributed by atoms with E-state index in [-0.39, 0.29) is 0 Å². The molecular weight excluding hydrogens is 334 g/mol. The first-order valence-electron chi connectivity index (χ1n) is 10.7. The van der Waals surface area contributed by atoms with Crippen LogP contribution in [-0.4, -0.2) is 59.5 Å². The van der Waals surface area contributed by atoms with Crippen LogP contribution < -0.4 is 10.2 Å². The number of hydrogen-bond donors (Lipinski definition) is 1. The SMILES string of the molecule is CCCN1CCC(NC2CCN(c3ccc(-n4cccn4)cc3)CC2)CC1. The zero-order chi connectivity index (χ0) is 18.5. The Labute approximate surface area is 163 Å². The molecule has 0 amide bonds. The molecule has 4 rings (SSSR count). The summed E-state index contributed by atoms with van der Waals surface area (Å²) < 4.78 is 1.91. The predicted molar refractivity (Wildman–Crippen MR) is 112 cm³/mol. The monoisotopic (exact) mass is 367 g/mol. The van der Waals surface area contributed by atoms with Crippen molar-refractivity contribution in [1.82, 2.24) is 20.0 Å². The van der Waals surface area contributed by atoms with Gasteiger partial charge in [0.1, 0.15) is 0 Å². The number of anilines is 1. The van der Waals surface area contributed by atoms with Crippen molar-refractivity contribution in [1.29, 1.82) is 0 Å². The van der Waals surface area contributed by atoms with Gasteiger partial charge in [0, 0.05) is 43.3 Å². The molecule has 3 heterocycles. The highest BCUT2D eigenvalue weighted by atomic mass is 15.3. The van der Waals surface area contributed by atoms with Crippen molar-refractivity contribution in [2.75, 3.05) is 37.6 Å². The van der Waals surface area contributed by atoms with E-state index < -0.39 is 0 Å². The number of aromatic nitrogens is 2. The maximum atomic E-state index is 4.30. The van der Waals surface area contributed by atoms with E-state index >= 15 is 0 Å². The summed E-state index contributed by atoms with van der Waals surface area (Å²) in [5.41, 5.74) is 2.45. The van der Waals surface area contributed by atoms with E-state index in [9.17, 15) is 0 Å². The molecule has 0 saturated carbocycles. The second-order valence-electron chi connectivity index (χ2n) is 8.01. The van der Waals surface area contributed by atoms with Crippen LogP contribution in [0.4, 0.5) is 5.69 Å². The molecule has 2 aromatic rings. The van der Waals surface area contributed by atoms with E-state index in [0.29, 0.717) is 6.04 Å². The normalized spacial score (nSPS) is 20.3. The Kier molecular flexibility index (Phi) is 6.10. The first-order valence-corrected chi connectivity index (χ1v) is 10.7. The van der Waals surface area contributed by atoms with Crippen molar-refractivity contribution in [3.05, 3.63) is 42.7 Å². The summed E-state index contributed by atoms with van der Waals surface area (Å²) in [4.78, 5) is 5.14. The fourth-order valence-corrected chi connectivity index (χ4v) is 4.51. The molecule has 0 aliphatic carbocycles. The molecule has 2 saturated heterocycles. The molecule has 2 aliphatic rings. The molecule has 1 aromatic heterocycles. The van der Waals surface area contributed by atoms with Crippen molar-refractivity contribution in [2.24, 2.45) is 0 Å². The minimum Gasteiger partial charge on any atom is -0.371 e. The standard InChI is InChI=1S/C22H33N5/c1-2-13-25-15-8-19(9-16-25)24-20-10-17-26(18-11-20)21-4-6-22(7-5-21)27-14-3-12-23-27/h3-7,12,14,19-20,24H,2,8-11,13,15-18H2,1H3. The molecule has 2 aliphatic heterocycles. The highest BCUT2D eigenvalue weighted by Crippen LogP contribution is 2.22. The van der Waals surface area contributed by atoms with E-state index in [4.69, 9.17) is 0 Å². The number of piperidine rings is 2. The molecule has 2 fully saturated rings. The second-order valence-corrected chi connectivity index (χ2v) is 8.01. The predicted octanol–water partition coefficient (Wildman–Crippen LogP) is 3.31. The second kappa shape index (κ2) is 8.89. The van der Waals surface area contributed by atoms with Crippen LogP contribution in [-0.2, 0) is 0 Å². The Balaban J connectivity index is 1.23. The Morgan fingerprint density at radius 1 is 0.926 bits per heavy atom. The van der Waals surface area contributed by atoms with E-state index in [0.717, 1.165) is 24.8 Å². The van der Waals surface area contributed by atoms with Crippen molar-refractivity contribution in [2.45, 2.75) is 51.1 Å². The molecule has 5 nitrogen and oxygen atoms in total. The lowest BCUT2D eigenvalue weighted by Crippen LogP contribution is -2.50. The molecule has 146 valence electrons. The number of rotatable bonds is 6. The molecule has 0 radical (unpaired) electrons. The third kappa shape index (κ3) is 4.71. The highest BCUT2D eigenvalue weighted by Gasteiger charge is 2.24. The fourth-order valence-electron chi connectivity index (χ4n) is 4.51. The summed E-state index contributed by atoms with van der Waals surface area (Å²) in [5.74, 6) is 0. The average molecular weight is 368 g/mol. The molecule has 1 aromatic carbocycles. The summed E-state index contributed by atoms with van der Waals surface area (Å²) in [6.45, 7) is 8.38. The van der Waals surface area contributed by atoms with Crippen LogP contribution in [0.15, 0.2) is 42.7 Å². The lowest BCUT2D eigenvalue weighted by molar-refractivity contribution is 0.187. The van der Waals surface area contributed by atoms with Crippen LogP contribution in [0.5, 0.6) is 0 Å². The molecule has 0 atom stereocenters. The molecule has 0 bridgehead atoms. The first-order chi connectivity index (χ1) is 13.3. The van der Waals surface area contributed by atoms with Crippen molar-refractivity contribution in [3.8, 4) is 5.69 Å². The third-order valence-electron chi connectivity index (χ3n) is 6.08. The number of nitrogens with zero attached hydrogens (tertiary/aromatic N) is 4. The maximum absolute atomic E-state index is 4.30. The Bertz CT molecular complexity index is 665. The smallest absolute Gasteiger partial charge is 0.0647 e. The minimum atomic E-state index is 0.687. The summed E-state index contributed by atoms with van der Waals surface area (Å²) in [7, 11) is 0. The van der Waals surface area contributed by atoms with Gasteiger partial charge in [-0.3, -0.25) is 0 Å². The molecule has 27 heavy (non-hydrogen) atoms. The Hall–Kier alpha value is -1.85.